The predicted molar refractivity (Wildman–Crippen MR) is 63.5 cm³/mol. The van der Waals surface area contributed by atoms with Gasteiger partial charge in [-0.25, -0.2) is 0 Å². The zero-order chi connectivity index (χ0) is 13.7. The number of nitrogens with one attached hydrogen (secondary N) is 1. The second-order valence-corrected chi connectivity index (χ2v) is 3.58. The molecule has 0 bridgehead atoms. The maximum Gasteiger partial charge on any atom is 0.305 e. The topological polar surface area (TPSA) is 122 Å². The molecular formula is C11H14N2O5. The molecule has 0 aliphatic rings. The van der Waals surface area contributed by atoms with Crippen LogP contribution >= 0.6 is 0 Å². The van der Waals surface area contributed by atoms with Crippen molar-refractivity contribution < 1.29 is 24.5 Å². The number of carboxylic acids is 1. The Morgan fingerprint density at radius 1 is 1.50 bits per heavy atom. The second-order valence-electron chi connectivity index (χ2n) is 3.58. The first-order valence-electron chi connectivity index (χ1n) is 5.09. The van der Waals surface area contributed by atoms with Crippen LogP contribution in [-0.2, 0) is 9.59 Å². The number of anilines is 1. The van der Waals surface area contributed by atoms with Gasteiger partial charge in [0.1, 0.15) is 11.5 Å². The number of nitrogens with two attached hydrogens (primary N) is 1. The van der Waals surface area contributed by atoms with Gasteiger partial charge in [-0.05, 0) is 12.1 Å². The van der Waals surface area contributed by atoms with Gasteiger partial charge in [-0.2, -0.15) is 0 Å². The number of hydrogen-bond acceptors (Lipinski definition) is 5. The van der Waals surface area contributed by atoms with Gasteiger partial charge in [0.2, 0.25) is 5.91 Å². The minimum atomic E-state index is -1.18. The van der Waals surface area contributed by atoms with Gasteiger partial charge < -0.3 is 26.0 Å². The van der Waals surface area contributed by atoms with E-state index in [2.05, 4.69) is 5.32 Å². The van der Waals surface area contributed by atoms with E-state index in [1.54, 1.807) is 0 Å². The number of ether oxygens (including phenoxy) is 1. The Balaban J connectivity index is 2.72. The summed E-state index contributed by atoms with van der Waals surface area (Å²) in [7, 11) is 1.44. The van der Waals surface area contributed by atoms with Crippen LogP contribution in [0.2, 0.25) is 0 Å². The number of carbonyl (C=O) groups is 2. The first-order chi connectivity index (χ1) is 8.43. The molecule has 0 aliphatic carbocycles. The van der Waals surface area contributed by atoms with Crippen LogP contribution < -0.4 is 15.8 Å². The molecule has 0 aromatic heterocycles. The molecule has 1 amide bonds. The van der Waals surface area contributed by atoms with Gasteiger partial charge in [0, 0.05) is 6.07 Å². The SMILES string of the molecule is COc1ccc(NC(=O)C(N)CC(=O)O)c(O)c1. The van der Waals surface area contributed by atoms with E-state index in [1.807, 2.05) is 0 Å². The number of methoxy groups -OCH3 is 1. The molecule has 0 spiro atoms. The van der Waals surface area contributed by atoms with Gasteiger partial charge >= 0.3 is 5.97 Å². The van der Waals surface area contributed by atoms with Crippen molar-refractivity contribution in [1.29, 1.82) is 0 Å². The summed E-state index contributed by atoms with van der Waals surface area (Å²) < 4.78 is 4.88. The minimum absolute atomic E-state index is 0.140. The molecule has 0 heterocycles. The smallest absolute Gasteiger partial charge is 0.305 e. The lowest BCUT2D eigenvalue weighted by molar-refractivity contribution is -0.138. The summed E-state index contributed by atoms with van der Waals surface area (Å²) in [5.41, 5.74) is 5.51. The molecule has 0 fully saturated rings. The third-order valence-corrected chi connectivity index (χ3v) is 2.19. The van der Waals surface area contributed by atoms with Crippen LogP contribution in [0.25, 0.3) is 0 Å². The number of amides is 1. The minimum Gasteiger partial charge on any atom is -0.506 e. The summed E-state index contributed by atoms with van der Waals surface area (Å²) in [5.74, 6) is -1.61. The number of aromatic hydroxyl groups is 1. The van der Waals surface area contributed by atoms with Gasteiger partial charge in [0.05, 0.1) is 25.3 Å². The standard InChI is InChI=1S/C11H14N2O5/c1-18-6-2-3-8(9(14)4-6)13-11(17)7(12)5-10(15)16/h2-4,7,14H,5,12H2,1H3,(H,13,17)(H,15,16). The van der Waals surface area contributed by atoms with Crippen LogP contribution in [0.4, 0.5) is 5.69 Å². The summed E-state index contributed by atoms with van der Waals surface area (Å²) in [6.07, 6.45) is -0.483. The van der Waals surface area contributed by atoms with Crippen LogP contribution in [0.3, 0.4) is 0 Å². The number of hydrogen-bond donors (Lipinski definition) is 4. The molecule has 0 aliphatic heterocycles. The Morgan fingerprint density at radius 2 is 2.17 bits per heavy atom. The van der Waals surface area contributed by atoms with Crippen molar-refractivity contribution in [2.24, 2.45) is 5.73 Å². The van der Waals surface area contributed by atoms with Gasteiger partial charge in [-0.1, -0.05) is 0 Å². The predicted octanol–water partition coefficient (Wildman–Crippen LogP) is 0.141. The van der Waals surface area contributed by atoms with E-state index in [1.165, 1.54) is 25.3 Å². The van der Waals surface area contributed by atoms with Crippen LogP contribution in [0.5, 0.6) is 11.5 Å². The maximum atomic E-state index is 11.5. The molecule has 5 N–H and O–H groups in total. The van der Waals surface area contributed by atoms with Crippen molar-refractivity contribution in [2.45, 2.75) is 12.5 Å². The summed E-state index contributed by atoms with van der Waals surface area (Å²) in [5, 5.41) is 20.4. The number of carboxylic acid groups (broad SMARTS) is 1. The normalized spacial score (nSPS) is 11.7. The first kappa shape index (κ1) is 13.8. The van der Waals surface area contributed by atoms with Crippen LogP contribution in [0, 0.1) is 0 Å². The largest absolute Gasteiger partial charge is 0.506 e. The highest BCUT2D eigenvalue weighted by molar-refractivity contribution is 5.97. The fourth-order valence-corrected chi connectivity index (χ4v) is 1.25. The molecule has 1 atom stereocenters. The lowest BCUT2D eigenvalue weighted by Crippen LogP contribution is -2.37. The molecule has 0 saturated carbocycles. The Hall–Kier alpha value is -2.28. The van der Waals surface area contributed by atoms with Crippen LogP contribution in [0.1, 0.15) is 6.42 Å². The zero-order valence-electron chi connectivity index (χ0n) is 9.71. The fourth-order valence-electron chi connectivity index (χ4n) is 1.25. The van der Waals surface area contributed by atoms with Crippen LogP contribution in [0.15, 0.2) is 18.2 Å². The monoisotopic (exact) mass is 254 g/mol. The van der Waals surface area contributed by atoms with E-state index in [0.717, 1.165) is 0 Å². The number of phenolic OH excluding ortho intramolecular Hbond substituents is 1. The number of rotatable bonds is 5. The van der Waals surface area contributed by atoms with Gasteiger partial charge in [0.15, 0.2) is 0 Å². The van der Waals surface area contributed by atoms with E-state index in [-0.39, 0.29) is 11.4 Å². The fraction of sp³-hybridized carbons (Fsp3) is 0.273. The molecule has 7 nitrogen and oxygen atoms in total. The average molecular weight is 254 g/mol. The molecule has 1 aromatic rings. The highest BCUT2D eigenvalue weighted by Gasteiger charge is 2.18. The highest BCUT2D eigenvalue weighted by Crippen LogP contribution is 2.27. The molecule has 7 heteroatoms. The third-order valence-electron chi connectivity index (χ3n) is 2.19. The molecule has 18 heavy (non-hydrogen) atoms. The maximum absolute atomic E-state index is 11.5. The summed E-state index contributed by atoms with van der Waals surface area (Å²) in [6.45, 7) is 0. The van der Waals surface area contributed by atoms with Gasteiger partial charge in [0.25, 0.3) is 0 Å². The number of phenols is 1. The molecule has 1 rings (SSSR count). The van der Waals surface area contributed by atoms with Crippen molar-refractivity contribution in [2.75, 3.05) is 12.4 Å². The average Bonchev–Trinajstić information content (AvgIpc) is 2.30. The van der Waals surface area contributed by atoms with Crippen molar-refractivity contribution >= 4 is 17.6 Å². The van der Waals surface area contributed by atoms with Crippen molar-refractivity contribution in [3.8, 4) is 11.5 Å². The Kier molecular flexibility index (Phi) is 4.50. The van der Waals surface area contributed by atoms with E-state index >= 15 is 0 Å². The Morgan fingerprint density at radius 3 is 2.67 bits per heavy atom. The lowest BCUT2D eigenvalue weighted by Gasteiger charge is -2.12. The molecular weight excluding hydrogens is 240 g/mol. The molecule has 0 saturated heterocycles. The van der Waals surface area contributed by atoms with E-state index < -0.39 is 24.3 Å². The summed E-state index contributed by atoms with van der Waals surface area (Å²) in [4.78, 5) is 21.9. The molecule has 1 aromatic carbocycles. The van der Waals surface area contributed by atoms with Crippen molar-refractivity contribution in [3.63, 3.8) is 0 Å². The molecule has 0 radical (unpaired) electrons. The first-order valence-corrected chi connectivity index (χ1v) is 5.09. The van der Waals surface area contributed by atoms with E-state index in [9.17, 15) is 14.7 Å². The Bertz CT molecular complexity index is 461. The van der Waals surface area contributed by atoms with E-state index in [4.69, 9.17) is 15.6 Å². The molecule has 98 valence electrons. The summed E-state index contributed by atoms with van der Waals surface area (Å²) >= 11 is 0. The quantitative estimate of drug-likeness (QED) is 0.554. The number of aliphatic carboxylic acids is 1. The lowest BCUT2D eigenvalue weighted by atomic mass is 10.2. The van der Waals surface area contributed by atoms with Crippen molar-refractivity contribution in [1.82, 2.24) is 0 Å². The van der Waals surface area contributed by atoms with Gasteiger partial charge in [-0.15, -0.1) is 0 Å². The third kappa shape index (κ3) is 3.63. The van der Waals surface area contributed by atoms with E-state index in [0.29, 0.717) is 5.75 Å². The zero-order valence-corrected chi connectivity index (χ0v) is 9.71. The second kappa shape index (κ2) is 5.87. The van der Waals surface area contributed by atoms with Crippen molar-refractivity contribution in [3.05, 3.63) is 18.2 Å². The van der Waals surface area contributed by atoms with Gasteiger partial charge in [-0.3, -0.25) is 9.59 Å². The number of benzene rings is 1. The highest BCUT2D eigenvalue weighted by atomic mass is 16.5. The summed E-state index contributed by atoms with van der Waals surface area (Å²) in [6, 6.07) is 3.11. The molecule has 1 unspecified atom stereocenters. The number of carbonyl (C=O) groups excluding carboxylic acids is 1. The Labute approximate surface area is 103 Å². The van der Waals surface area contributed by atoms with Crippen LogP contribution in [-0.4, -0.2) is 35.2 Å².